The molecule has 96 valence electrons. The molecule has 2 heterocycles. The molecule has 1 aromatic rings. The lowest BCUT2D eigenvalue weighted by atomic mass is 9.97. The summed E-state index contributed by atoms with van der Waals surface area (Å²) in [6.07, 6.45) is 1.51. The first-order valence-electron chi connectivity index (χ1n) is 6.26. The zero-order valence-electron chi connectivity index (χ0n) is 10.5. The fourth-order valence-electron chi connectivity index (χ4n) is 2.11. The van der Waals surface area contributed by atoms with Crippen LogP contribution < -0.4 is 5.32 Å². The molecule has 0 radical (unpaired) electrons. The molecule has 0 saturated carbocycles. The van der Waals surface area contributed by atoms with Crippen molar-refractivity contribution >= 4 is 0 Å². The van der Waals surface area contributed by atoms with Gasteiger partial charge in [-0.2, -0.15) is 0 Å². The van der Waals surface area contributed by atoms with E-state index in [2.05, 4.69) is 12.2 Å². The molecule has 0 bridgehead atoms. The van der Waals surface area contributed by atoms with Gasteiger partial charge in [0.1, 0.15) is 17.1 Å². The zero-order valence-corrected chi connectivity index (χ0v) is 10.5. The van der Waals surface area contributed by atoms with E-state index in [9.17, 15) is 5.11 Å². The Morgan fingerprint density at radius 3 is 2.82 bits per heavy atom. The van der Waals surface area contributed by atoms with E-state index in [1.54, 1.807) is 0 Å². The number of aliphatic hydroxyl groups is 1. The summed E-state index contributed by atoms with van der Waals surface area (Å²) in [5, 5.41) is 13.5. The molecule has 2 N–H and O–H groups in total. The van der Waals surface area contributed by atoms with Gasteiger partial charge < -0.3 is 19.6 Å². The first kappa shape index (κ1) is 12.6. The highest BCUT2D eigenvalue weighted by Gasteiger charge is 2.38. The Labute approximate surface area is 102 Å². The van der Waals surface area contributed by atoms with E-state index < -0.39 is 5.60 Å². The number of rotatable bonds is 5. The minimum absolute atomic E-state index is 0.0993. The van der Waals surface area contributed by atoms with E-state index in [-0.39, 0.29) is 6.10 Å². The van der Waals surface area contributed by atoms with Gasteiger partial charge in [0.15, 0.2) is 0 Å². The van der Waals surface area contributed by atoms with E-state index in [0.29, 0.717) is 26.1 Å². The van der Waals surface area contributed by atoms with Crippen LogP contribution in [0.25, 0.3) is 0 Å². The lowest BCUT2D eigenvalue weighted by Gasteiger charge is -2.26. The molecule has 0 spiro atoms. The molecule has 0 aromatic carbocycles. The van der Waals surface area contributed by atoms with Crippen molar-refractivity contribution in [2.75, 3.05) is 13.2 Å². The maximum atomic E-state index is 10.3. The summed E-state index contributed by atoms with van der Waals surface area (Å²) in [7, 11) is 0. The first-order chi connectivity index (χ1) is 8.14. The van der Waals surface area contributed by atoms with E-state index in [1.165, 1.54) is 0 Å². The van der Waals surface area contributed by atoms with Crippen molar-refractivity contribution in [1.82, 2.24) is 5.32 Å². The second-order valence-corrected chi connectivity index (χ2v) is 4.69. The van der Waals surface area contributed by atoms with Gasteiger partial charge in [0.25, 0.3) is 0 Å². The lowest BCUT2D eigenvalue weighted by Crippen LogP contribution is -2.45. The summed E-state index contributed by atoms with van der Waals surface area (Å²) in [4.78, 5) is 0. The molecule has 4 nitrogen and oxygen atoms in total. The largest absolute Gasteiger partial charge is 0.465 e. The summed E-state index contributed by atoms with van der Waals surface area (Å²) >= 11 is 0. The monoisotopic (exact) mass is 239 g/mol. The number of nitrogens with one attached hydrogen (secondary N) is 1. The highest BCUT2D eigenvalue weighted by atomic mass is 16.5. The Morgan fingerprint density at radius 2 is 2.24 bits per heavy atom. The Hall–Kier alpha value is -0.840. The van der Waals surface area contributed by atoms with Crippen LogP contribution in [-0.4, -0.2) is 30.0 Å². The first-order valence-corrected chi connectivity index (χ1v) is 6.26. The van der Waals surface area contributed by atoms with Gasteiger partial charge in [-0.1, -0.05) is 6.92 Å². The Kier molecular flexibility index (Phi) is 3.86. The van der Waals surface area contributed by atoms with Gasteiger partial charge in [0, 0.05) is 26.0 Å². The molecule has 4 heteroatoms. The SMILES string of the molecule is CCc1ccc(CNCC2(O)CCOC2C)o1. The number of furan rings is 1. The topological polar surface area (TPSA) is 54.6 Å². The summed E-state index contributed by atoms with van der Waals surface area (Å²) in [6.45, 7) is 5.80. The summed E-state index contributed by atoms with van der Waals surface area (Å²) in [6, 6.07) is 3.97. The quantitative estimate of drug-likeness (QED) is 0.817. The standard InChI is InChI=1S/C13H21NO3/c1-3-11-4-5-12(17-11)8-14-9-13(15)6-7-16-10(13)2/h4-5,10,14-15H,3,6-9H2,1-2H3. The number of ether oxygens (including phenoxy) is 1. The normalized spacial score (nSPS) is 28.8. The third kappa shape index (κ3) is 2.89. The van der Waals surface area contributed by atoms with Gasteiger partial charge in [-0.15, -0.1) is 0 Å². The Morgan fingerprint density at radius 1 is 1.47 bits per heavy atom. The fraction of sp³-hybridized carbons (Fsp3) is 0.692. The number of aryl methyl sites for hydroxylation is 1. The van der Waals surface area contributed by atoms with E-state index in [0.717, 1.165) is 17.9 Å². The van der Waals surface area contributed by atoms with Crippen LogP contribution in [0.4, 0.5) is 0 Å². The Bertz CT molecular complexity index is 363. The number of hydrogen-bond donors (Lipinski definition) is 2. The maximum absolute atomic E-state index is 10.3. The predicted octanol–water partition coefficient (Wildman–Crippen LogP) is 1.47. The van der Waals surface area contributed by atoms with Crippen LogP contribution in [0.5, 0.6) is 0 Å². The molecule has 0 aliphatic carbocycles. The molecule has 1 aliphatic heterocycles. The van der Waals surface area contributed by atoms with Crippen molar-refractivity contribution in [2.24, 2.45) is 0 Å². The van der Waals surface area contributed by atoms with Crippen molar-refractivity contribution < 1.29 is 14.3 Å². The maximum Gasteiger partial charge on any atom is 0.117 e. The molecule has 1 saturated heterocycles. The van der Waals surface area contributed by atoms with Crippen molar-refractivity contribution in [2.45, 2.75) is 44.9 Å². The highest BCUT2D eigenvalue weighted by Crippen LogP contribution is 2.24. The van der Waals surface area contributed by atoms with Gasteiger partial charge in [-0.05, 0) is 19.1 Å². The summed E-state index contributed by atoms with van der Waals surface area (Å²) in [5.74, 6) is 1.91. The molecule has 17 heavy (non-hydrogen) atoms. The molecular weight excluding hydrogens is 218 g/mol. The van der Waals surface area contributed by atoms with Crippen molar-refractivity contribution in [3.63, 3.8) is 0 Å². The fourth-order valence-corrected chi connectivity index (χ4v) is 2.11. The van der Waals surface area contributed by atoms with E-state index in [4.69, 9.17) is 9.15 Å². The Balaban J connectivity index is 1.79. The van der Waals surface area contributed by atoms with E-state index >= 15 is 0 Å². The van der Waals surface area contributed by atoms with Gasteiger partial charge >= 0.3 is 0 Å². The smallest absolute Gasteiger partial charge is 0.117 e. The third-order valence-electron chi connectivity index (χ3n) is 3.46. The summed E-state index contributed by atoms with van der Waals surface area (Å²) < 4.78 is 11.0. The molecule has 1 aliphatic rings. The highest BCUT2D eigenvalue weighted by molar-refractivity contribution is 5.07. The van der Waals surface area contributed by atoms with Crippen LogP contribution in [0.15, 0.2) is 16.5 Å². The molecule has 2 unspecified atom stereocenters. The minimum Gasteiger partial charge on any atom is -0.465 e. The van der Waals surface area contributed by atoms with Crippen LogP contribution in [0.2, 0.25) is 0 Å². The van der Waals surface area contributed by atoms with Crippen LogP contribution >= 0.6 is 0 Å². The van der Waals surface area contributed by atoms with Gasteiger partial charge in [0.05, 0.1) is 12.6 Å². The second kappa shape index (κ2) is 5.21. The van der Waals surface area contributed by atoms with Gasteiger partial charge in [0.2, 0.25) is 0 Å². The minimum atomic E-state index is -0.736. The average Bonchev–Trinajstić information content (AvgIpc) is 2.88. The average molecular weight is 239 g/mol. The number of hydrogen-bond acceptors (Lipinski definition) is 4. The molecule has 0 amide bonds. The molecule has 1 aromatic heterocycles. The van der Waals surface area contributed by atoms with Crippen molar-refractivity contribution in [1.29, 1.82) is 0 Å². The van der Waals surface area contributed by atoms with Crippen molar-refractivity contribution in [3.8, 4) is 0 Å². The van der Waals surface area contributed by atoms with Crippen LogP contribution in [0.1, 0.15) is 31.8 Å². The molecular formula is C13H21NO3. The summed E-state index contributed by atoms with van der Waals surface area (Å²) in [5.41, 5.74) is -0.736. The van der Waals surface area contributed by atoms with Gasteiger partial charge in [-0.3, -0.25) is 0 Å². The van der Waals surface area contributed by atoms with Gasteiger partial charge in [-0.25, -0.2) is 0 Å². The molecule has 1 fully saturated rings. The lowest BCUT2D eigenvalue weighted by molar-refractivity contribution is -0.0265. The second-order valence-electron chi connectivity index (χ2n) is 4.69. The van der Waals surface area contributed by atoms with E-state index in [1.807, 2.05) is 19.1 Å². The third-order valence-corrected chi connectivity index (χ3v) is 3.46. The van der Waals surface area contributed by atoms with Crippen LogP contribution in [0.3, 0.4) is 0 Å². The van der Waals surface area contributed by atoms with Crippen LogP contribution in [0, 0.1) is 0 Å². The molecule has 2 atom stereocenters. The predicted molar refractivity (Wildman–Crippen MR) is 64.8 cm³/mol. The molecule has 2 rings (SSSR count). The zero-order chi connectivity index (χ0) is 12.3. The van der Waals surface area contributed by atoms with Crippen molar-refractivity contribution in [3.05, 3.63) is 23.7 Å². The van der Waals surface area contributed by atoms with Crippen LogP contribution in [-0.2, 0) is 17.7 Å².